The maximum absolute atomic E-state index is 5.46. The molecule has 0 bridgehead atoms. The first kappa shape index (κ1) is 22.1. The third-order valence-electron chi connectivity index (χ3n) is 5.92. The number of benzene rings is 2. The van der Waals surface area contributed by atoms with Gasteiger partial charge < -0.3 is 20.4 Å². The van der Waals surface area contributed by atoms with Gasteiger partial charge in [-0.3, -0.25) is 9.89 Å². The highest BCUT2D eigenvalue weighted by molar-refractivity contribution is 5.79. The Morgan fingerprint density at radius 2 is 2.00 bits per heavy atom. The smallest absolute Gasteiger partial charge is 0.191 e. The molecule has 170 valence electrons. The van der Waals surface area contributed by atoms with Crippen molar-refractivity contribution in [2.45, 2.75) is 32.2 Å². The summed E-state index contributed by atoms with van der Waals surface area (Å²) in [4.78, 5) is 15.5. The van der Waals surface area contributed by atoms with Gasteiger partial charge in [-0.2, -0.15) is 0 Å². The number of aromatic nitrogens is 2. The number of para-hydroxylation sites is 2. The maximum atomic E-state index is 5.46. The lowest BCUT2D eigenvalue weighted by atomic mass is 10.1. The highest BCUT2D eigenvalue weighted by Crippen LogP contribution is 2.27. The molecule has 1 fully saturated rings. The molecule has 0 saturated carbocycles. The number of fused-ring (bicyclic) bond motifs is 1. The van der Waals surface area contributed by atoms with Crippen molar-refractivity contribution >= 4 is 17.0 Å². The molecule has 3 N–H and O–H groups in total. The molecule has 1 aromatic heterocycles. The standard InChI is InChI=1S/C25H34N6O/c1-3-26-25(27-14-13-24-29-21-11-4-5-12-22(21)30-24)28-18-23(31-15-6-7-16-31)19-9-8-10-20(17-19)32-2/h4-5,8-12,17,23H,3,6-7,13-16,18H2,1-2H3,(H,29,30)(H2,26,27,28). The lowest BCUT2D eigenvalue weighted by molar-refractivity contribution is 0.251. The van der Waals surface area contributed by atoms with Gasteiger partial charge in [-0.25, -0.2) is 4.98 Å². The van der Waals surface area contributed by atoms with Gasteiger partial charge in [0.15, 0.2) is 5.96 Å². The number of hydrogen-bond donors (Lipinski definition) is 3. The molecular weight excluding hydrogens is 400 g/mol. The number of aliphatic imine (C=N–C) groups is 1. The number of imidazole rings is 1. The van der Waals surface area contributed by atoms with Crippen molar-refractivity contribution in [1.82, 2.24) is 25.5 Å². The minimum absolute atomic E-state index is 0.249. The molecule has 0 spiro atoms. The number of guanidine groups is 1. The molecule has 7 heteroatoms. The van der Waals surface area contributed by atoms with Gasteiger partial charge in [-0.15, -0.1) is 0 Å². The van der Waals surface area contributed by atoms with Crippen LogP contribution in [0.4, 0.5) is 0 Å². The number of ether oxygens (including phenoxy) is 1. The van der Waals surface area contributed by atoms with Crippen LogP contribution in [0.5, 0.6) is 5.75 Å². The zero-order valence-corrected chi connectivity index (χ0v) is 19.1. The molecular formula is C25H34N6O. The summed E-state index contributed by atoms with van der Waals surface area (Å²) in [5, 5.41) is 6.85. The van der Waals surface area contributed by atoms with E-state index in [-0.39, 0.29) is 6.04 Å². The lowest BCUT2D eigenvalue weighted by Crippen LogP contribution is -2.39. The molecule has 1 aliphatic rings. The fourth-order valence-electron chi connectivity index (χ4n) is 4.28. The third kappa shape index (κ3) is 5.59. The Balaban J connectivity index is 1.42. The van der Waals surface area contributed by atoms with E-state index in [1.54, 1.807) is 7.11 Å². The summed E-state index contributed by atoms with van der Waals surface area (Å²) in [7, 11) is 1.72. The van der Waals surface area contributed by atoms with E-state index in [0.29, 0.717) is 6.54 Å². The number of H-pyrrole nitrogens is 1. The molecule has 2 heterocycles. The summed E-state index contributed by atoms with van der Waals surface area (Å²) in [5.41, 5.74) is 3.35. The monoisotopic (exact) mass is 434 g/mol. The number of nitrogens with zero attached hydrogens (tertiary/aromatic N) is 3. The predicted octanol–water partition coefficient (Wildman–Crippen LogP) is 3.51. The van der Waals surface area contributed by atoms with E-state index < -0.39 is 0 Å². The molecule has 0 amide bonds. The van der Waals surface area contributed by atoms with Gasteiger partial charge in [-0.05, 0) is 62.7 Å². The van der Waals surface area contributed by atoms with Crippen LogP contribution in [0, 0.1) is 0 Å². The fourth-order valence-corrected chi connectivity index (χ4v) is 4.28. The van der Waals surface area contributed by atoms with Crippen LogP contribution in [0.2, 0.25) is 0 Å². The Bertz CT molecular complexity index is 991. The van der Waals surface area contributed by atoms with E-state index in [4.69, 9.17) is 9.73 Å². The van der Waals surface area contributed by atoms with Crippen LogP contribution in [-0.2, 0) is 6.42 Å². The van der Waals surface area contributed by atoms with Crippen LogP contribution < -0.4 is 15.4 Å². The lowest BCUT2D eigenvalue weighted by Gasteiger charge is -2.27. The minimum Gasteiger partial charge on any atom is -0.497 e. The van der Waals surface area contributed by atoms with Crippen molar-refractivity contribution < 1.29 is 4.74 Å². The number of rotatable bonds is 9. The van der Waals surface area contributed by atoms with Gasteiger partial charge >= 0.3 is 0 Å². The topological polar surface area (TPSA) is 77.6 Å². The molecule has 2 aromatic carbocycles. The highest BCUT2D eigenvalue weighted by atomic mass is 16.5. The molecule has 1 unspecified atom stereocenters. The van der Waals surface area contributed by atoms with Gasteiger partial charge in [0.25, 0.3) is 0 Å². The van der Waals surface area contributed by atoms with E-state index in [0.717, 1.165) is 61.2 Å². The van der Waals surface area contributed by atoms with Gasteiger partial charge in [0.1, 0.15) is 11.6 Å². The molecule has 7 nitrogen and oxygen atoms in total. The van der Waals surface area contributed by atoms with Crippen molar-refractivity contribution in [2.75, 3.05) is 39.8 Å². The third-order valence-corrected chi connectivity index (χ3v) is 5.92. The summed E-state index contributed by atoms with van der Waals surface area (Å²) >= 11 is 0. The van der Waals surface area contributed by atoms with E-state index in [1.165, 1.54) is 18.4 Å². The van der Waals surface area contributed by atoms with E-state index in [1.807, 2.05) is 24.3 Å². The van der Waals surface area contributed by atoms with Crippen LogP contribution >= 0.6 is 0 Å². The molecule has 0 aliphatic carbocycles. The average Bonchev–Trinajstić information content (AvgIpc) is 3.49. The molecule has 0 radical (unpaired) electrons. The van der Waals surface area contributed by atoms with Crippen molar-refractivity contribution in [3.05, 3.63) is 59.9 Å². The first-order valence-electron chi connectivity index (χ1n) is 11.6. The number of methoxy groups -OCH3 is 1. The summed E-state index contributed by atoms with van der Waals surface area (Å²) in [6.45, 7) is 6.62. The second-order valence-electron chi connectivity index (χ2n) is 8.13. The molecule has 3 aromatic rings. The Morgan fingerprint density at radius 1 is 1.16 bits per heavy atom. The Labute approximate surface area is 190 Å². The second-order valence-corrected chi connectivity index (χ2v) is 8.13. The van der Waals surface area contributed by atoms with E-state index in [9.17, 15) is 0 Å². The Morgan fingerprint density at radius 3 is 2.78 bits per heavy atom. The number of likely N-dealkylation sites (tertiary alicyclic amines) is 1. The molecule has 1 aliphatic heterocycles. The van der Waals surface area contributed by atoms with Crippen molar-refractivity contribution in [3.63, 3.8) is 0 Å². The molecule has 1 saturated heterocycles. The largest absolute Gasteiger partial charge is 0.497 e. The zero-order valence-electron chi connectivity index (χ0n) is 19.1. The van der Waals surface area contributed by atoms with Crippen LogP contribution in [0.15, 0.2) is 53.5 Å². The van der Waals surface area contributed by atoms with Crippen molar-refractivity contribution in [2.24, 2.45) is 4.99 Å². The van der Waals surface area contributed by atoms with Crippen LogP contribution in [0.3, 0.4) is 0 Å². The van der Waals surface area contributed by atoms with Crippen molar-refractivity contribution in [1.29, 1.82) is 0 Å². The Kier molecular flexibility index (Phi) is 7.61. The van der Waals surface area contributed by atoms with E-state index in [2.05, 4.69) is 56.7 Å². The number of hydrogen-bond acceptors (Lipinski definition) is 4. The van der Waals surface area contributed by atoms with Gasteiger partial charge in [0.2, 0.25) is 0 Å². The summed E-state index contributed by atoms with van der Waals surface area (Å²) in [6, 6.07) is 16.8. The van der Waals surface area contributed by atoms with Gasteiger partial charge in [0, 0.05) is 19.5 Å². The minimum atomic E-state index is 0.249. The zero-order chi connectivity index (χ0) is 22.2. The predicted molar refractivity (Wildman–Crippen MR) is 130 cm³/mol. The van der Waals surface area contributed by atoms with Gasteiger partial charge in [0.05, 0.1) is 30.7 Å². The fraction of sp³-hybridized carbons (Fsp3) is 0.440. The van der Waals surface area contributed by atoms with Crippen LogP contribution in [-0.4, -0.2) is 60.7 Å². The average molecular weight is 435 g/mol. The summed E-state index contributed by atoms with van der Waals surface area (Å²) < 4.78 is 5.46. The second kappa shape index (κ2) is 11.0. The highest BCUT2D eigenvalue weighted by Gasteiger charge is 2.23. The number of aromatic amines is 1. The normalized spacial score (nSPS) is 15.8. The van der Waals surface area contributed by atoms with Gasteiger partial charge in [-0.1, -0.05) is 24.3 Å². The van der Waals surface area contributed by atoms with Crippen molar-refractivity contribution in [3.8, 4) is 5.75 Å². The molecule has 32 heavy (non-hydrogen) atoms. The maximum Gasteiger partial charge on any atom is 0.191 e. The first-order chi connectivity index (χ1) is 15.8. The quantitative estimate of drug-likeness (QED) is 0.355. The van der Waals surface area contributed by atoms with E-state index >= 15 is 0 Å². The molecule has 4 rings (SSSR count). The SMILES string of the molecule is CCNC(=NCC(c1cccc(OC)c1)N1CCCC1)NCCc1nc2ccccc2[nH]1. The van der Waals surface area contributed by atoms with Crippen LogP contribution in [0.25, 0.3) is 11.0 Å². The van der Waals surface area contributed by atoms with Crippen LogP contribution in [0.1, 0.15) is 37.2 Å². The Hall–Kier alpha value is -3.06. The molecule has 1 atom stereocenters. The first-order valence-corrected chi connectivity index (χ1v) is 11.6. The summed E-state index contributed by atoms with van der Waals surface area (Å²) in [6.07, 6.45) is 3.31. The number of nitrogens with one attached hydrogen (secondary N) is 3. The summed E-state index contributed by atoms with van der Waals surface area (Å²) in [5.74, 6) is 2.73.